The quantitative estimate of drug-likeness (QED) is 0.431. The number of nitrogens with zero attached hydrogens (tertiary/aromatic N) is 5. The molecule has 5 rings (SSSR count). The van der Waals surface area contributed by atoms with E-state index < -0.39 is 17.2 Å². The number of benzene rings is 1. The number of pyridine rings is 1. The van der Waals surface area contributed by atoms with E-state index in [9.17, 15) is 14.4 Å². The fraction of sp³-hybridized carbons (Fsp3) is 0.516. The minimum Gasteiger partial charge on any atom is -0.444 e. The van der Waals surface area contributed by atoms with Crippen LogP contribution in [0, 0.1) is 0 Å². The average molecular weight is 546 g/mol. The number of carbonyl (C=O) groups excluding carboxylic acids is 2. The highest BCUT2D eigenvalue weighted by Crippen LogP contribution is 2.37. The third-order valence-corrected chi connectivity index (χ3v) is 8.22. The largest absolute Gasteiger partial charge is 0.444 e. The molecule has 1 aliphatic heterocycles. The van der Waals surface area contributed by atoms with E-state index in [1.165, 1.54) is 47.2 Å². The third-order valence-electron chi connectivity index (χ3n) is 8.22. The summed E-state index contributed by atoms with van der Waals surface area (Å²) in [6, 6.07) is 9.43. The number of anilines is 1. The van der Waals surface area contributed by atoms with Gasteiger partial charge >= 0.3 is 6.09 Å². The molecule has 2 amide bonds. The number of amides is 2. The lowest BCUT2D eigenvalue weighted by molar-refractivity contribution is -0.137. The van der Waals surface area contributed by atoms with Crippen molar-refractivity contribution in [1.82, 2.24) is 19.7 Å². The molecule has 1 saturated heterocycles. The molecular formula is C31H39N5O4. The van der Waals surface area contributed by atoms with E-state index in [0.717, 1.165) is 5.69 Å². The Balaban J connectivity index is 1.48. The molecule has 1 aliphatic carbocycles. The van der Waals surface area contributed by atoms with Crippen LogP contribution in [-0.4, -0.2) is 49.3 Å². The molecule has 212 valence electrons. The van der Waals surface area contributed by atoms with Crippen molar-refractivity contribution < 1.29 is 14.3 Å². The number of aromatic nitrogens is 3. The van der Waals surface area contributed by atoms with Gasteiger partial charge in [-0.1, -0.05) is 25.3 Å². The number of rotatable bonds is 5. The molecule has 0 radical (unpaired) electrons. The van der Waals surface area contributed by atoms with Gasteiger partial charge in [0.2, 0.25) is 0 Å². The number of fused-ring (bicyclic) bond motifs is 1. The van der Waals surface area contributed by atoms with Crippen molar-refractivity contribution in [2.24, 2.45) is 7.05 Å². The Bertz CT molecular complexity index is 1470. The van der Waals surface area contributed by atoms with Crippen LogP contribution in [0.3, 0.4) is 0 Å². The summed E-state index contributed by atoms with van der Waals surface area (Å²) in [5.41, 5.74) is 0.673. The minimum atomic E-state index is -1.07. The lowest BCUT2D eigenvalue weighted by atomic mass is 9.84. The highest BCUT2D eigenvalue weighted by Gasteiger charge is 2.52. The lowest BCUT2D eigenvalue weighted by Gasteiger charge is -2.50. The summed E-state index contributed by atoms with van der Waals surface area (Å²) < 4.78 is 6.89. The second-order valence-corrected chi connectivity index (χ2v) is 12.3. The summed E-state index contributed by atoms with van der Waals surface area (Å²) >= 11 is 0. The lowest BCUT2D eigenvalue weighted by Crippen LogP contribution is -2.68. The summed E-state index contributed by atoms with van der Waals surface area (Å²) in [5, 5.41) is 5.32. The summed E-state index contributed by atoms with van der Waals surface area (Å²) in [7, 11) is 1.61. The van der Waals surface area contributed by atoms with Crippen molar-refractivity contribution in [1.29, 1.82) is 0 Å². The highest BCUT2D eigenvalue weighted by atomic mass is 16.6. The van der Waals surface area contributed by atoms with E-state index in [1.807, 2.05) is 33.0 Å². The van der Waals surface area contributed by atoms with Crippen LogP contribution >= 0.6 is 0 Å². The van der Waals surface area contributed by atoms with Crippen LogP contribution in [0.2, 0.25) is 0 Å². The minimum absolute atomic E-state index is 0.205. The first-order valence-corrected chi connectivity index (χ1v) is 14.2. The normalized spacial score (nSPS) is 19.8. The van der Waals surface area contributed by atoms with Gasteiger partial charge < -0.3 is 9.64 Å². The Morgan fingerprint density at radius 3 is 2.48 bits per heavy atom. The molecule has 3 aromatic rings. The van der Waals surface area contributed by atoms with Gasteiger partial charge in [0.1, 0.15) is 11.1 Å². The van der Waals surface area contributed by atoms with Gasteiger partial charge in [-0.2, -0.15) is 5.10 Å². The first-order chi connectivity index (χ1) is 19.0. The average Bonchev–Trinajstić information content (AvgIpc) is 2.92. The van der Waals surface area contributed by atoms with Gasteiger partial charge in [-0.15, -0.1) is 0 Å². The van der Waals surface area contributed by atoms with Crippen molar-refractivity contribution in [3.8, 4) is 0 Å². The number of aryl methyl sites for hydroxylation is 1. The predicted octanol–water partition coefficient (Wildman–Crippen LogP) is 5.31. The molecule has 2 aliphatic rings. The van der Waals surface area contributed by atoms with Gasteiger partial charge in [0, 0.05) is 30.9 Å². The maximum Gasteiger partial charge on any atom is 0.411 e. The van der Waals surface area contributed by atoms with Crippen molar-refractivity contribution in [3.05, 3.63) is 64.3 Å². The molecule has 40 heavy (non-hydrogen) atoms. The molecule has 2 aromatic heterocycles. The first-order valence-electron chi connectivity index (χ1n) is 14.2. The number of ether oxygens (including phenoxy) is 1. The SMILES string of the molecule is Cn1ncc2cc(N(Cc3ccc(C4CCCCC4)cn3)C(=O)C3(C)CCN3C(=O)OC(C)(C)C)ccc2c1=O. The van der Waals surface area contributed by atoms with E-state index in [0.29, 0.717) is 35.3 Å². The Kier molecular flexibility index (Phi) is 7.42. The van der Waals surface area contributed by atoms with Crippen LogP contribution in [0.5, 0.6) is 0 Å². The van der Waals surface area contributed by atoms with E-state index in [4.69, 9.17) is 9.72 Å². The van der Waals surface area contributed by atoms with Gasteiger partial charge in [0.05, 0.1) is 23.8 Å². The van der Waals surface area contributed by atoms with Crippen LogP contribution < -0.4 is 10.5 Å². The van der Waals surface area contributed by atoms with Gasteiger partial charge in [0.25, 0.3) is 11.5 Å². The number of hydrogen-bond donors (Lipinski definition) is 0. The topological polar surface area (TPSA) is 97.6 Å². The molecule has 0 bridgehead atoms. The van der Waals surface area contributed by atoms with Crippen molar-refractivity contribution in [3.63, 3.8) is 0 Å². The van der Waals surface area contributed by atoms with Crippen LogP contribution in [0.25, 0.3) is 10.8 Å². The van der Waals surface area contributed by atoms with Gasteiger partial charge in [-0.3, -0.25) is 19.5 Å². The monoisotopic (exact) mass is 545 g/mol. The summed E-state index contributed by atoms with van der Waals surface area (Å²) in [6.07, 6.45) is 9.76. The van der Waals surface area contributed by atoms with Crippen molar-refractivity contribution in [2.45, 2.75) is 89.8 Å². The summed E-state index contributed by atoms with van der Waals surface area (Å²) in [6.45, 7) is 7.89. The Morgan fingerprint density at radius 1 is 1.10 bits per heavy atom. The zero-order chi connectivity index (χ0) is 28.7. The van der Waals surface area contributed by atoms with Crippen molar-refractivity contribution in [2.75, 3.05) is 11.4 Å². The molecule has 1 unspecified atom stereocenters. The second-order valence-electron chi connectivity index (χ2n) is 12.3. The number of likely N-dealkylation sites (tertiary alicyclic amines) is 1. The van der Waals surface area contributed by atoms with E-state index >= 15 is 0 Å². The molecule has 1 saturated carbocycles. The fourth-order valence-electron chi connectivity index (χ4n) is 5.73. The second kappa shape index (κ2) is 10.7. The molecule has 2 fully saturated rings. The molecule has 9 heteroatoms. The maximum absolute atomic E-state index is 14.3. The summed E-state index contributed by atoms with van der Waals surface area (Å²) in [5.74, 6) is 0.318. The molecule has 0 N–H and O–H groups in total. The summed E-state index contributed by atoms with van der Waals surface area (Å²) in [4.78, 5) is 47.8. The van der Waals surface area contributed by atoms with Crippen LogP contribution in [0.1, 0.15) is 83.4 Å². The molecule has 0 spiro atoms. The molecule has 9 nitrogen and oxygen atoms in total. The van der Waals surface area contributed by atoms with Crippen LogP contribution in [0.15, 0.2) is 47.5 Å². The zero-order valence-corrected chi connectivity index (χ0v) is 24.1. The predicted molar refractivity (Wildman–Crippen MR) is 154 cm³/mol. The highest BCUT2D eigenvalue weighted by molar-refractivity contribution is 6.03. The smallest absolute Gasteiger partial charge is 0.411 e. The van der Waals surface area contributed by atoms with Gasteiger partial charge in [-0.25, -0.2) is 9.48 Å². The Hall–Kier alpha value is -3.75. The first kappa shape index (κ1) is 27.8. The Labute approximate surface area is 235 Å². The fourth-order valence-corrected chi connectivity index (χ4v) is 5.73. The van der Waals surface area contributed by atoms with Crippen LogP contribution in [0.4, 0.5) is 10.5 Å². The standard InChI is InChI=1S/C31H39N5O4/c1-30(2,3)40-29(39)36-16-15-31(36,4)28(38)35(25-13-14-26-23(17-25)19-33-34(5)27(26)37)20-24-12-11-22(18-32-24)21-9-7-6-8-10-21/h11-14,17-19,21H,6-10,15-16,20H2,1-5H3. The van der Waals surface area contributed by atoms with E-state index in [1.54, 1.807) is 43.3 Å². The molecule has 3 heterocycles. The van der Waals surface area contributed by atoms with Crippen molar-refractivity contribution >= 4 is 28.5 Å². The zero-order valence-electron chi connectivity index (χ0n) is 24.1. The third kappa shape index (κ3) is 5.46. The molecule has 1 atom stereocenters. The van der Waals surface area contributed by atoms with E-state index in [-0.39, 0.29) is 18.0 Å². The van der Waals surface area contributed by atoms with E-state index in [2.05, 4.69) is 11.2 Å². The Morgan fingerprint density at radius 2 is 1.85 bits per heavy atom. The number of carbonyl (C=O) groups is 2. The van der Waals surface area contributed by atoms with Crippen LogP contribution in [-0.2, 0) is 23.1 Å². The maximum atomic E-state index is 14.3. The van der Waals surface area contributed by atoms with Gasteiger partial charge in [-0.05, 0) is 82.7 Å². The molecule has 1 aromatic carbocycles. The molecular weight excluding hydrogens is 506 g/mol. The van der Waals surface area contributed by atoms with Gasteiger partial charge in [0.15, 0.2) is 0 Å². The number of hydrogen-bond acceptors (Lipinski definition) is 6.